The van der Waals surface area contributed by atoms with Crippen LogP contribution in [0.2, 0.25) is 0 Å². The van der Waals surface area contributed by atoms with Gasteiger partial charge in [0.25, 0.3) is 0 Å². The zero-order valence-electron chi connectivity index (χ0n) is 10.6. The molecule has 0 radical (unpaired) electrons. The Balaban J connectivity index is 2.22. The second-order valence-corrected chi connectivity index (χ2v) is 4.10. The summed E-state index contributed by atoms with van der Waals surface area (Å²) in [4.78, 5) is 26.1. The van der Waals surface area contributed by atoms with E-state index in [1.807, 2.05) is 0 Å². The van der Waals surface area contributed by atoms with Gasteiger partial charge >= 0.3 is 12.0 Å². The van der Waals surface area contributed by atoms with Gasteiger partial charge in [0.05, 0.1) is 11.1 Å². The number of nitrogens with one attached hydrogen (secondary N) is 2. The van der Waals surface area contributed by atoms with Crippen molar-refractivity contribution in [2.75, 3.05) is 18.4 Å². The summed E-state index contributed by atoms with van der Waals surface area (Å²) in [5.41, 5.74) is 5.72. The molecule has 0 unspecified atom stereocenters. The molecule has 2 rings (SSSR count). The van der Waals surface area contributed by atoms with E-state index < -0.39 is 12.0 Å². The maximum absolute atomic E-state index is 11.3. The first-order valence-electron chi connectivity index (χ1n) is 5.98. The van der Waals surface area contributed by atoms with Gasteiger partial charge in [-0.2, -0.15) is 0 Å². The number of aromatic carboxylic acids is 1. The number of nitrogens with zero attached hydrogens (tertiary/aromatic N) is 1. The number of fused-ring (bicyclic) bond motifs is 1. The Kier molecular flexibility index (Phi) is 3.99. The number of carboxylic acid groups (broad SMARTS) is 1. The molecule has 0 aliphatic rings. The SMILES string of the molecule is NC(=O)NCCNc1cc(C(=O)O)c2ccccc2n1. The van der Waals surface area contributed by atoms with Crippen LogP contribution in [0.1, 0.15) is 10.4 Å². The number of primary amides is 1. The van der Waals surface area contributed by atoms with Gasteiger partial charge in [0, 0.05) is 18.5 Å². The average molecular weight is 274 g/mol. The molecule has 0 fully saturated rings. The van der Waals surface area contributed by atoms with Crippen molar-refractivity contribution < 1.29 is 14.7 Å². The second-order valence-electron chi connectivity index (χ2n) is 4.10. The van der Waals surface area contributed by atoms with Gasteiger partial charge in [-0.25, -0.2) is 14.6 Å². The third kappa shape index (κ3) is 3.14. The molecule has 7 nitrogen and oxygen atoms in total. The summed E-state index contributed by atoms with van der Waals surface area (Å²) in [6.07, 6.45) is 0. The molecule has 2 amide bonds. The molecule has 2 aromatic rings. The minimum atomic E-state index is -1.01. The molecule has 0 saturated heterocycles. The van der Waals surface area contributed by atoms with Crippen molar-refractivity contribution in [3.63, 3.8) is 0 Å². The van der Waals surface area contributed by atoms with Crippen LogP contribution in [-0.4, -0.2) is 35.2 Å². The molecule has 104 valence electrons. The molecule has 0 saturated carbocycles. The standard InChI is InChI=1S/C13H14N4O3/c14-13(20)16-6-5-15-11-7-9(12(18)19)8-3-1-2-4-10(8)17-11/h1-4,7H,5-6H2,(H,15,17)(H,18,19)(H3,14,16,20). The van der Waals surface area contributed by atoms with E-state index in [4.69, 9.17) is 5.73 Å². The predicted molar refractivity (Wildman–Crippen MR) is 74.8 cm³/mol. The van der Waals surface area contributed by atoms with Crippen molar-refractivity contribution >= 4 is 28.7 Å². The van der Waals surface area contributed by atoms with Crippen molar-refractivity contribution in [1.29, 1.82) is 0 Å². The van der Waals surface area contributed by atoms with Crippen LogP contribution in [0.5, 0.6) is 0 Å². The van der Waals surface area contributed by atoms with Gasteiger partial charge in [-0.1, -0.05) is 18.2 Å². The lowest BCUT2D eigenvalue weighted by Gasteiger charge is -2.09. The quantitative estimate of drug-likeness (QED) is 0.607. The van der Waals surface area contributed by atoms with Crippen molar-refractivity contribution in [2.24, 2.45) is 5.73 Å². The molecule has 0 spiro atoms. The van der Waals surface area contributed by atoms with Crippen LogP contribution in [0.25, 0.3) is 10.9 Å². The average Bonchev–Trinajstić information content (AvgIpc) is 2.42. The van der Waals surface area contributed by atoms with E-state index >= 15 is 0 Å². The fourth-order valence-corrected chi connectivity index (χ4v) is 1.82. The van der Waals surface area contributed by atoms with Gasteiger partial charge < -0.3 is 21.5 Å². The summed E-state index contributed by atoms with van der Waals surface area (Å²) in [6, 6.07) is 7.87. The van der Waals surface area contributed by atoms with Crippen molar-refractivity contribution in [3.8, 4) is 0 Å². The number of aromatic nitrogens is 1. The Bertz CT molecular complexity index is 657. The lowest BCUT2D eigenvalue weighted by molar-refractivity contribution is 0.0699. The molecule has 5 N–H and O–H groups in total. The topological polar surface area (TPSA) is 117 Å². The Labute approximate surface area is 114 Å². The highest BCUT2D eigenvalue weighted by Gasteiger charge is 2.11. The fraction of sp³-hybridized carbons (Fsp3) is 0.154. The molecule has 0 bridgehead atoms. The number of para-hydroxylation sites is 1. The fourth-order valence-electron chi connectivity index (χ4n) is 1.82. The molecular weight excluding hydrogens is 260 g/mol. The number of carboxylic acids is 1. The molecular formula is C13H14N4O3. The molecule has 0 atom stereocenters. The molecule has 1 aromatic carbocycles. The van der Waals surface area contributed by atoms with E-state index in [-0.39, 0.29) is 5.56 Å². The van der Waals surface area contributed by atoms with Gasteiger partial charge in [-0.3, -0.25) is 0 Å². The van der Waals surface area contributed by atoms with E-state index in [0.717, 1.165) is 0 Å². The Morgan fingerprint density at radius 3 is 2.70 bits per heavy atom. The second kappa shape index (κ2) is 5.87. The van der Waals surface area contributed by atoms with Crippen LogP contribution in [-0.2, 0) is 0 Å². The predicted octanol–water partition coefficient (Wildman–Crippen LogP) is 1.01. The number of carbonyl (C=O) groups excluding carboxylic acids is 1. The first-order chi connectivity index (χ1) is 9.58. The first-order valence-corrected chi connectivity index (χ1v) is 5.98. The van der Waals surface area contributed by atoms with E-state index in [1.54, 1.807) is 24.3 Å². The zero-order chi connectivity index (χ0) is 14.5. The summed E-state index contributed by atoms with van der Waals surface area (Å²) in [7, 11) is 0. The Hall–Kier alpha value is -2.83. The van der Waals surface area contributed by atoms with Crippen LogP contribution < -0.4 is 16.4 Å². The van der Waals surface area contributed by atoms with Gasteiger partial charge in [-0.15, -0.1) is 0 Å². The molecule has 20 heavy (non-hydrogen) atoms. The Morgan fingerprint density at radius 2 is 2.00 bits per heavy atom. The van der Waals surface area contributed by atoms with Gasteiger partial charge in [0.1, 0.15) is 5.82 Å². The highest BCUT2D eigenvalue weighted by Crippen LogP contribution is 2.20. The molecule has 0 aliphatic heterocycles. The number of hydrogen-bond donors (Lipinski definition) is 4. The minimum absolute atomic E-state index is 0.181. The summed E-state index contributed by atoms with van der Waals surface area (Å²) < 4.78 is 0. The van der Waals surface area contributed by atoms with Gasteiger partial charge in [-0.05, 0) is 12.1 Å². The summed E-state index contributed by atoms with van der Waals surface area (Å²) >= 11 is 0. The highest BCUT2D eigenvalue weighted by molar-refractivity contribution is 6.03. The molecule has 1 heterocycles. The van der Waals surface area contributed by atoms with Crippen molar-refractivity contribution in [3.05, 3.63) is 35.9 Å². The maximum atomic E-state index is 11.3. The number of rotatable bonds is 5. The van der Waals surface area contributed by atoms with Crippen LogP contribution in [0.15, 0.2) is 30.3 Å². The van der Waals surface area contributed by atoms with E-state index in [9.17, 15) is 14.7 Å². The van der Waals surface area contributed by atoms with Crippen LogP contribution >= 0.6 is 0 Å². The Morgan fingerprint density at radius 1 is 1.25 bits per heavy atom. The number of pyridine rings is 1. The zero-order valence-corrected chi connectivity index (χ0v) is 10.6. The third-order valence-electron chi connectivity index (χ3n) is 2.68. The van der Waals surface area contributed by atoms with Gasteiger partial charge in [0.15, 0.2) is 0 Å². The van der Waals surface area contributed by atoms with Crippen molar-refractivity contribution in [1.82, 2.24) is 10.3 Å². The van der Waals surface area contributed by atoms with Crippen molar-refractivity contribution in [2.45, 2.75) is 0 Å². The summed E-state index contributed by atoms with van der Waals surface area (Å²) in [6.45, 7) is 0.722. The first kappa shape index (κ1) is 13.6. The number of urea groups is 1. The monoisotopic (exact) mass is 274 g/mol. The van der Waals surface area contributed by atoms with Crippen LogP contribution in [0.4, 0.5) is 10.6 Å². The smallest absolute Gasteiger partial charge is 0.336 e. The van der Waals surface area contributed by atoms with E-state index in [2.05, 4.69) is 15.6 Å². The minimum Gasteiger partial charge on any atom is -0.478 e. The normalized spacial score (nSPS) is 10.2. The largest absolute Gasteiger partial charge is 0.478 e. The number of carbonyl (C=O) groups is 2. The number of benzene rings is 1. The number of amides is 2. The molecule has 7 heteroatoms. The highest BCUT2D eigenvalue weighted by atomic mass is 16.4. The lowest BCUT2D eigenvalue weighted by atomic mass is 10.1. The number of anilines is 1. The molecule has 0 aliphatic carbocycles. The lowest BCUT2D eigenvalue weighted by Crippen LogP contribution is -2.33. The van der Waals surface area contributed by atoms with E-state index in [1.165, 1.54) is 6.07 Å². The van der Waals surface area contributed by atoms with Crippen LogP contribution in [0, 0.1) is 0 Å². The van der Waals surface area contributed by atoms with Crippen LogP contribution in [0.3, 0.4) is 0 Å². The van der Waals surface area contributed by atoms with Gasteiger partial charge in [0.2, 0.25) is 0 Å². The number of hydrogen-bond acceptors (Lipinski definition) is 4. The summed E-state index contributed by atoms with van der Waals surface area (Å²) in [5.74, 6) is -0.575. The summed E-state index contributed by atoms with van der Waals surface area (Å²) in [5, 5.41) is 15.2. The maximum Gasteiger partial charge on any atom is 0.336 e. The third-order valence-corrected chi connectivity index (χ3v) is 2.68. The van der Waals surface area contributed by atoms with E-state index in [0.29, 0.717) is 29.8 Å². The number of nitrogens with two attached hydrogens (primary N) is 1. The molecule has 1 aromatic heterocycles.